The Labute approximate surface area is 154 Å². The first-order chi connectivity index (χ1) is 12.8. The van der Waals surface area contributed by atoms with E-state index in [1.807, 2.05) is 0 Å². The summed E-state index contributed by atoms with van der Waals surface area (Å²) in [5.74, 6) is -1.76. The maximum atomic E-state index is 12.1. The normalized spacial score (nSPS) is 10.0. The maximum absolute atomic E-state index is 12.1. The number of rotatable bonds is 6. The third-order valence-corrected chi connectivity index (χ3v) is 3.69. The van der Waals surface area contributed by atoms with Crippen molar-refractivity contribution in [2.45, 2.75) is 6.92 Å². The van der Waals surface area contributed by atoms with E-state index < -0.39 is 23.4 Å². The van der Waals surface area contributed by atoms with Crippen LogP contribution >= 0.6 is 0 Å². The van der Waals surface area contributed by atoms with Gasteiger partial charge in [0.05, 0.1) is 10.5 Å². The summed E-state index contributed by atoms with van der Waals surface area (Å²) in [6.07, 6.45) is 0. The van der Waals surface area contributed by atoms with Gasteiger partial charge in [0.1, 0.15) is 0 Å². The molecule has 2 aromatic rings. The molecule has 0 unspecified atom stereocenters. The second kappa shape index (κ2) is 8.56. The lowest BCUT2D eigenvalue weighted by Crippen LogP contribution is -2.22. The van der Waals surface area contributed by atoms with Gasteiger partial charge < -0.3 is 15.4 Å². The highest BCUT2D eigenvalue weighted by Crippen LogP contribution is 2.21. The molecule has 0 fully saturated rings. The number of esters is 1. The second-order valence-corrected chi connectivity index (χ2v) is 5.49. The van der Waals surface area contributed by atoms with E-state index in [1.54, 1.807) is 18.2 Å². The van der Waals surface area contributed by atoms with Crippen LogP contribution in [0.25, 0.3) is 0 Å². The van der Waals surface area contributed by atoms with Gasteiger partial charge in [-0.2, -0.15) is 0 Å². The van der Waals surface area contributed by atoms with Crippen molar-refractivity contribution in [3.63, 3.8) is 0 Å². The third kappa shape index (κ3) is 4.88. The molecule has 0 aliphatic carbocycles. The number of ether oxygens (including phenoxy) is 1. The van der Waals surface area contributed by atoms with Gasteiger partial charge in [0.2, 0.25) is 0 Å². The lowest BCUT2D eigenvalue weighted by molar-refractivity contribution is -0.385. The predicted octanol–water partition coefficient (Wildman–Crippen LogP) is 2.06. The van der Waals surface area contributed by atoms with Gasteiger partial charge in [0.25, 0.3) is 17.5 Å². The molecule has 2 amide bonds. The summed E-state index contributed by atoms with van der Waals surface area (Å²) in [5.41, 5.74) is 0.688. The van der Waals surface area contributed by atoms with Crippen LogP contribution in [-0.4, -0.2) is 36.4 Å². The highest BCUT2D eigenvalue weighted by Gasteiger charge is 2.19. The van der Waals surface area contributed by atoms with Crippen LogP contribution in [0.15, 0.2) is 42.5 Å². The number of nitrogens with zero attached hydrogens (tertiary/aromatic N) is 1. The van der Waals surface area contributed by atoms with Crippen LogP contribution < -0.4 is 10.6 Å². The molecule has 0 aliphatic rings. The molecule has 0 aromatic heterocycles. The summed E-state index contributed by atoms with van der Waals surface area (Å²) in [6.45, 7) is 0.851. The molecule has 0 spiro atoms. The molecule has 9 nitrogen and oxygen atoms in total. The van der Waals surface area contributed by atoms with Crippen LogP contribution in [0.1, 0.15) is 26.3 Å². The molecule has 0 heterocycles. The number of nitrogens with one attached hydrogen (secondary N) is 2. The first-order valence-corrected chi connectivity index (χ1v) is 7.86. The summed E-state index contributed by atoms with van der Waals surface area (Å²) in [7, 11) is 1.49. The number of carbonyl (C=O) groups excluding carboxylic acids is 3. The zero-order valence-electron chi connectivity index (χ0n) is 14.6. The summed E-state index contributed by atoms with van der Waals surface area (Å²) in [6, 6.07) is 10.3. The fourth-order valence-corrected chi connectivity index (χ4v) is 2.33. The largest absolute Gasteiger partial charge is 0.452 e. The van der Waals surface area contributed by atoms with Crippen LogP contribution in [-0.2, 0) is 9.53 Å². The Kier molecular flexibility index (Phi) is 6.21. The van der Waals surface area contributed by atoms with E-state index in [0.717, 1.165) is 0 Å². The van der Waals surface area contributed by atoms with E-state index in [0.29, 0.717) is 11.3 Å². The summed E-state index contributed by atoms with van der Waals surface area (Å²) >= 11 is 0. The van der Waals surface area contributed by atoms with E-state index in [1.165, 1.54) is 38.2 Å². The minimum Gasteiger partial charge on any atom is -0.452 e. The Hall–Kier alpha value is -3.75. The Morgan fingerprint density at radius 2 is 1.85 bits per heavy atom. The smallest absolute Gasteiger partial charge is 0.339 e. The van der Waals surface area contributed by atoms with Crippen molar-refractivity contribution < 1.29 is 24.0 Å². The van der Waals surface area contributed by atoms with Crippen molar-refractivity contribution >= 4 is 29.2 Å². The number of benzene rings is 2. The van der Waals surface area contributed by atoms with E-state index in [4.69, 9.17) is 4.74 Å². The number of nitro groups is 1. The number of amides is 2. The van der Waals surface area contributed by atoms with Crippen molar-refractivity contribution in [3.05, 3.63) is 69.3 Å². The molecule has 140 valence electrons. The molecule has 27 heavy (non-hydrogen) atoms. The first kappa shape index (κ1) is 19.6. The summed E-state index contributed by atoms with van der Waals surface area (Å²) in [5, 5.41) is 15.9. The molecule has 0 aliphatic heterocycles. The number of hydrogen-bond acceptors (Lipinski definition) is 6. The van der Waals surface area contributed by atoms with Gasteiger partial charge in [-0.15, -0.1) is 0 Å². The minimum absolute atomic E-state index is 0.0126. The van der Waals surface area contributed by atoms with Gasteiger partial charge in [0, 0.05) is 29.9 Å². The van der Waals surface area contributed by atoms with Crippen molar-refractivity contribution in [1.82, 2.24) is 5.32 Å². The number of carbonyl (C=O) groups is 3. The van der Waals surface area contributed by atoms with Gasteiger partial charge in [-0.25, -0.2) is 4.79 Å². The number of hydrogen-bond donors (Lipinski definition) is 2. The Morgan fingerprint density at radius 1 is 1.15 bits per heavy atom. The molecular weight excluding hydrogens is 354 g/mol. The fourth-order valence-electron chi connectivity index (χ4n) is 2.33. The highest BCUT2D eigenvalue weighted by molar-refractivity contribution is 5.98. The van der Waals surface area contributed by atoms with Gasteiger partial charge in [-0.1, -0.05) is 12.1 Å². The van der Waals surface area contributed by atoms with Crippen molar-refractivity contribution in [2.24, 2.45) is 0 Å². The zero-order valence-corrected chi connectivity index (χ0v) is 14.6. The number of nitro benzene ring substituents is 1. The van der Waals surface area contributed by atoms with Crippen LogP contribution in [0.4, 0.5) is 11.4 Å². The average molecular weight is 371 g/mol. The maximum Gasteiger partial charge on any atom is 0.339 e. The van der Waals surface area contributed by atoms with E-state index >= 15 is 0 Å². The fraction of sp³-hybridized carbons (Fsp3) is 0.167. The van der Waals surface area contributed by atoms with Crippen LogP contribution in [0.3, 0.4) is 0 Å². The monoisotopic (exact) mass is 371 g/mol. The minimum atomic E-state index is -0.842. The van der Waals surface area contributed by atoms with Crippen molar-refractivity contribution in [1.29, 1.82) is 0 Å². The van der Waals surface area contributed by atoms with Crippen LogP contribution in [0.2, 0.25) is 0 Å². The van der Waals surface area contributed by atoms with Crippen molar-refractivity contribution in [3.8, 4) is 0 Å². The van der Waals surface area contributed by atoms with Gasteiger partial charge >= 0.3 is 5.97 Å². The quantitative estimate of drug-likeness (QED) is 0.454. The van der Waals surface area contributed by atoms with E-state index in [9.17, 15) is 24.5 Å². The van der Waals surface area contributed by atoms with Gasteiger partial charge in [-0.3, -0.25) is 19.7 Å². The topological polar surface area (TPSA) is 128 Å². The SMILES string of the molecule is CNC(=O)c1cccc(NC(=O)COC(=O)c2cccc([N+](=O)[O-])c2C)c1. The predicted molar refractivity (Wildman–Crippen MR) is 96.6 cm³/mol. The first-order valence-electron chi connectivity index (χ1n) is 7.86. The molecular formula is C18H17N3O6. The highest BCUT2D eigenvalue weighted by atomic mass is 16.6. The number of anilines is 1. The molecule has 0 radical (unpaired) electrons. The molecule has 2 aromatic carbocycles. The summed E-state index contributed by atoms with van der Waals surface area (Å²) < 4.78 is 4.92. The Balaban J connectivity index is 2.00. The van der Waals surface area contributed by atoms with Crippen LogP contribution in [0.5, 0.6) is 0 Å². The standard InChI is InChI=1S/C18H17N3O6/c1-11-14(7-4-8-15(11)21(25)26)18(24)27-10-16(22)20-13-6-3-5-12(9-13)17(23)19-2/h3-9H,10H2,1-2H3,(H,19,23)(H,20,22). The van der Waals surface area contributed by atoms with Gasteiger partial charge in [0.15, 0.2) is 6.61 Å². The zero-order chi connectivity index (χ0) is 20.0. The molecule has 9 heteroatoms. The third-order valence-electron chi connectivity index (χ3n) is 3.69. The lowest BCUT2D eigenvalue weighted by atomic mass is 10.1. The molecule has 0 atom stereocenters. The lowest BCUT2D eigenvalue weighted by Gasteiger charge is -2.09. The Morgan fingerprint density at radius 3 is 2.52 bits per heavy atom. The molecule has 2 N–H and O–H groups in total. The Bertz CT molecular complexity index is 910. The van der Waals surface area contributed by atoms with Crippen molar-refractivity contribution in [2.75, 3.05) is 19.0 Å². The molecule has 0 saturated heterocycles. The second-order valence-electron chi connectivity index (χ2n) is 5.49. The van der Waals surface area contributed by atoms with E-state index in [2.05, 4.69) is 10.6 Å². The molecule has 0 saturated carbocycles. The van der Waals surface area contributed by atoms with E-state index in [-0.39, 0.29) is 22.7 Å². The molecule has 2 rings (SSSR count). The molecule has 0 bridgehead atoms. The average Bonchev–Trinajstić information content (AvgIpc) is 2.65. The van der Waals surface area contributed by atoms with Gasteiger partial charge in [-0.05, 0) is 31.2 Å². The summed E-state index contributed by atoms with van der Waals surface area (Å²) in [4.78, 5) is 46.0. The van der Waals surface area contributed by atoms with Crippen LogP contribution in [0, 0.1) is 17.0 Å².